The van der Waals surface area contributed by atoms with E-state index >= 15 is 0 Å². The minimum atomic E-state index is -0.428. The van der Waals surface area contributed by atoms with Crippen molar-refractivity contribution in [2.45, 2.75) is 32.0 Å². The minimum Gasteiger partial charge on any atom is -0.393 e. The highest BCUT2D eigenvalue weighted by atomic mass is 16.3. The van der Waals surface area contributed by atoms with E-state index in [-0.39, 0.29) is 0 Å². The molecule has 2 N–H and O–H groups in total. The van der Waals surface area contributed by atoms with Crippen molar-refractivity contribution in [3.8, 4) is 0 Å². The van der Waals surface area contributed by atoms with Gasteiger partial charge in [0, 0.05) is 0 Å². The first-order valence-electron chi connectivity index (χ1n) is 3.13. The van der Waals surface area contributed by atoms with Crippen LogP contribution < -0.4 is 0 Å². The molecule has 0 aliphatic rings. The molecule has 0 spiro atoms. The van der Waals surface area contributed by atoms with E-state index in [2.05, 4.69) is 6.58 Å². The van der Waals surface area contributed by atoms with Crippen molar-refractivity contribution in [1.29, 1.82) is 0 Å². The zero-order valence-electron chi connectivity index (χ0n) is 5.75. The van der Waals surface area contributed by atoms with Gasteiger partial charge in [0.2, 0.25) is 0 Å². The summed E-state index contributed by atoms with van der Waals surface area (Å²) in [5.41, 5.74) is 0. The Balaban J connectivity index is 3.25. The van der Waals surface area contributed by atoms with Gasteiger partial charge >= 0.3 is 0 Å². The summed E-state index contributed by atoms with van der Waals surface area (Å²) in [4.78, 5) is 0. The second-order valence-corrected chi connectivity index (χ2v) is 2.26. The van der Waals surface area contributed by atoms with Crippen LogP contribution in [0, 0.1) is 0 Å². The van der Waals surface area contributed by atoms with Crippen LogP contribution in [0.4, 0.5) is 0 Å². The SMILES string of the molecule is C=CC[C@@H](O)C[C@@H](C)O. The molecule has 2 heteroatoms. The number of hydrogen-bond donors (Lipinski definition) is 2. The van der Waals surface area contributed by atoms with Crippen LogP contribution in [0.1, 0.15) is 19.8 Å². The molecule has 0 radical (unpaired) electrons. The first-order chi connectivity index (χ1) is 4.16. The molecule has 9 heavy (non-hydrogen) atoms. The Hall–Kier alpha value is -0.340. The van der Waals surface area contributed by atoms with Crippen LogP contribution in [0.2, 0.25) is 0 Å². The highest BCUT2D eigenvalue weighted by Gasteiger charge is 2.04. The molecule has 0 aromatic carbocycles. The van der Waals surface area contributed by atoms with Crippen molar-refractivity contribution < 1.29 is 10.2 Å². The Bertz CT molecular complexity index is 79.0. The standard InChI is InChI=1S/C7H14O2/c1-3-4-7(9)5-6(2)8/h3,6-9H,1,4-5H2,2H3/t6-,7-/m1/s1. The molecule has 0 rings (SSSR count). The van der Waals surface area contributed by atoms with E-state index in [1.165, 1.54) is 0 Å². The Kier molecular flexibility index (Phi) is 4.36. The molecular weight excluding hydrogens is 116 g/mol. The smallest absolute Gasteiger partial charge is 0.0599 e. The van der Waals surface area contributed by atoms with Crippen LogP contribution in [0.5, 0.6) is 0 Å². The molecular formula is C7H14O2. The quantitative estimate of drug-likeness (QED) is 0.550. The molecule has 0 aromatic rings. The molecule has 2 nitrogen and oxygen atoms in total. The molecule has 0 aromatic heterocycles. The summed E-state index contributed by atoms with van der Waals surface area (Å²) in [6, 6.07) is 0. The van der Waals surface area contributed by atoms with Crippen molar-refractivity contribution in [3.63, 3.8) is 0 Å². The van der Waals surface area contributed by atoms with Gasteiger partial charge in [0.05, 0.1) is 12.2 Å². The predicted octanol–water partition coefficient (Wildman–Crippen LogP) is 0.694. The maximum Gasteiger partial charge on any atom is 0.0599 e. The Labute approximate surface area is 55.8 Å². The van der Waals surface area contributed by atoms with Gasteiger partial charge in [-0.3, -0.25) is 0 Å². The molecule has 0 amide bonds. The summed E-state index contributed by atoms with van der Waals surface area (Å²) in [7, 11) is 0. The van der Waals surface area contributed by atoms with Crippen LogP contribution in [0.25, 0.3) is 0 Å². The van der Waals surface area contributed by atoms with Gasteiger partial charge < -0.3 is 10.2 Å². The number of rotatable bonds is 4. The van der Waals surface area contributed by atoms with Crippen molar-refractivity contribution in [1.82, 2.24) is 0 Å². The Morgan fingerprint density at radius 1 is 1.56 bits per heavy atom. The molecule has 0 bridgehead atoms. The Morgan fingerprint density at radius 2 is 2.11 bits per heavy atom. The van der Waals surface area contributed by atoms with Gasteiger partial charge in [-0.25, -0.2) is 0 Å². The summed E-state index contributed by atoms with van der Waals surface area (Å²) < 4.78 is 0. The zero-order chi connectivity index (χ0) is 7.28. The lowest BCUT2D eigenvalue weighted by molar-refractivity contribution is 0.0925. The van der Waals surface area contributed by atoms with E-state index in [1.54, 1.807) is 13.0 Å². The van der Waals surface area contributed by atoms with E-state index in [9.17, 15) is 0 Å². The number of aliphatic hydroxyl groups excluding tert-OH is 2. The largest absolute Gasteiger partial charge is 0.393 e. The molecule has 0 fully saturated rings. The lowest BCUT2D eigenvalue weighted by Crippen LogP contribution is -2.13. The van der Waals surface area contributed by atoms with Gasteiger partial charge in [-0.2, -0.15) is 0 Å². The highest BCUT2D eigenvalue weighted by Crippen LogP contribution is 2.01. The number of hydrogen-bond acceptors (Lipinski definition) is 2. The minimum absolute atomic E-state index is 0.417. The topological polar surface area (TPSA) is 40.5 Å². The van der Waals surface area contributed by atoms with Crippen LogP contribution in [-0.4, -0.2) is 22.4 Å². The molecule has 0 unspecified atom stereocenters. The lowest BCUT2D eigenvalue weighted by atomic mass is 10.1. The number of aliphatic hydroxyl groups is 2. The van der Waals surface area contributed by atoms with E-state index in [0.717, 1.165) is 0 Å². The highest BCUT2D eigenvalue weighted by molar-refractivity contribution is 4.73. The monoisotopic (exact) mass is 130 g/mol. The lowest BCUT2D eigenvalue weighted by Gasteiger charge is -2.08. The first-order valence-corrected chi connectivity index (χ1v) is 3.13. The van der Waals surface area contributed by atoms with Gasteiger partial charge in [0.15, 0.2) is 0 Å². The van der Waals surface area contributed by atoms with Crippen LogP contribution in [0.15, 0.2) is 12.7 Å². The molecule has 54 valence electrons. The Morgan fingerprint density at radius 3 is 2.44 bits per heavy atom. The predicted molar refractivity (Wildman–Crippen MR) is 37.1 cm³/mol. The molecule has 0 saturated carbocycles. The van der Waals surface area contributed by atoms with Gasteiger partial charge in [-0.15, -0.1) is 6.58 Å². The summed E-state index contributed by atoms with van der Waals surface area (Å²) in [5.74, 6) is 0. The van der Waals surface area contributed by atoms with Crippen molar-refractivity contribution in [2.75, 3.05) is 0 Å². The normalized spacial score (nSPS) is 16.8. The average Bonchev–Trinajstić information content (AvgIpc) is 1.63. The maximum absolute atomic E-state index is 8.99. The van der Waals surface area contributed by atoms with Gasteiger partial charge in [-0.1, -0.05) is 6.08 Å². The third-order valence-corrected chi connectivity index (χ3v) is 1.05. The molecule has 2 atom stereocenters. The van der Waals surface area contributed by atoms with Crippen LogP contribution >= 0.6 is 0 Å². The van der Waals surface area contributed by atoms with Gasteiger partial charge in [0.1, 0.15) is 0 Å². The van der Waals surface area contributed by atoms with E-state index in [1.807, 2.05) is 0 Å². The van der Waals surface area contributed by atoms with Crippen molar-refractivity contribution in [3.05, 3.63) is 12.7 Å². The second-order valence-electron chi connectivity index (χ2n) is 2.26. The summed E-state index contributed by atoms with van der Waals surface area (Å²) in [5, 5.41) is 17.7. The molecule has 0 saturated heterocycles. The maximum atomic E-state index is 8.99. The fourth-order valence-electron chi connectivity index (χ4n) is 0.682. The van der Waals surface area contributed by atoms with Crippen molar-refractivity contribution in [2.24, 2.45) is 0 Å². The van der Waals surface area contributed by atoms with E-state index in [4.69, 9.17) is 10.2 Å². The zero-order valence-corrected chi connectivity index (χ0v) is 5.75. The fourth-order valence-corrected chi connectivity index (χ4v) is 0.682. The van der Waals surface area contributed by atoms with Crippen LogP contribution in [0.3, 0.4) is 0 Å². The third-order valence-electron chi connectivity index (χ3n) is 1.05. The van der Waals surface area contributed by atoms with E-state index < -0.39 is 12.2 Å². The summed E-state index contributed by atoms with van der Waals surface area (Å²) >= 11 is 0. The fraction of sp³-hybridized carbons (Fsp3) is 0.714. The first kappa shape index (κ1) is 8.66. The average molecular weight is 130 g/mol. The second kappa shape index (κ2) is 4.53. The van der Waals surface area contributed by atoms with Crippen molar-refractivity contribution >= 4 is 0 Å². The molecule has 0 heterocycles. The van der Waals surface area contributed by atoms with Gasteiger partial charge in [-0.05, 0) is 19.8 Å². The summed E-state index contributed by atoms with van der Waals surface area (Å²) in [6.07, 6.45) is 1.80. The van der Waals surface area contributed by atoms with Gasteiger partial charge in [0.25, 0.3) is 0 Å². The molecule has 0 aliphatic heterocycles. The third kappa shape index (κ3) is 5.53. The van der Waals surface area contributed by atoms with E-state index in [0.29, 0.717) is 12.8 Å². The summed E-state index contributed by atoms with van der Waals surface area (Å²) in [6.45, 7) is 5.13. The molecule has 0 aliphatic carbocycles. The van der Waals surface area contributed by atoms with Crippen LogP contribution in [-0.2, 0) is 0 Å².